The van der Waals surface area contributed by atoms with Gasteiger partial charge in [-0.1, -0.05) is 53.6 Å². The van der Waals surface area contributed by atoms with Crippen molar-refractivity contribution in [1.82, 2.24) is 0 Å². The van der Waals surface area contributed by atoms with Crippen molar-refractivity contribution in [2.45, 2.75) is 27.2 Å². The standard InChI is InChI=1S/C18H18O2/c1-12-4-7-15(8-5-12)17(19)11-18(20)16-9-6-13(2)10-14(16)3/h4-10H,11H2,1-3H3. The average Bonchev–Trinajstić information content (AvgIpc) is 2.39. The van der Waals surface area contributed by atoms with Gasteiger partial charge in [0, 0.05) is 11.1 Å². The van der Waals surface area contributed by atoms with Crippen LogP contribution in [0.4, 0.5) is 0 Å². The van der Waals surface area contributed by atoms with E-state index in [0.29, 0.717) is 11.1 Å². The fraction of sp³-hybridized carbons (Fsp3) is 0.222. The highest BCUT2D eigenvalue weighted by Gasteiger charge is 2.15. The van der Waals surface area contributed by atoms with Crippen LogP contribution in [-0.2, 0) is 0 Å². The largest absolute Gasteiger partial charge is 0.294 e. The van der Waals surface area contributed by atoms with Gasteiger partial charge in [0.1, 0.15) is 0 Å². The minimum absolute atomic E-state index is 0.0764. The Kier molecular flexibility index (Phi) is 4.14. The van der Waals surface area contributed by atoms with Crippen molar-refractivity contribution >= 4 is 11.6 Å². The van der Waals surface area contributed by atoms with Crippen LogP contribution in [0.1, 0.15) is 43.8 Å². The molecule has 2 aromatic rings. The zero-order chi connectivity index (χ0) is 14.7. The van der Waals surface area contributed by atoms with Crippen LogP contribution in [0.15, 0.2) is 42.5 Å². The van der Waals surface area contributed by atoms with Crippen molar-refractivity contribution in [3.63, 3.8) is 0 Å². The maximum Gasteiger partial charge on any atom is 0.170 e. The molecule has 0 atom stereocenters. The maximum atomic E-state index is 12.2. The summed E-state index contributed by atoms with van der Waals surface area (Å²) in [4.78, 5) is 24.3. The van der Waals surface area contributed by atoms with Crippen LogP contribution < -0.4 is 0 Å². The van der Waals surface area contributed by atoms with E-state index in [0.717, 1.165) is 16.7 Å². The highest BCUT2D eigenvalue weighted by molar-refractivity contribution is 6.14. The number of ketones is 2. The highest BCUT2D eigenvalue weighted by atomic mass is 16.1. The van der Waals surface area contributed by atoms with Crippen LogP contribution in [0, 0.1) is 20.8 Å². The third kappa shape index (κ3) is 3.21. The smallest absolute Gasteiger partial charge is 0.170 e. The molecule has 0 fully saturated rings. The summed E-state index contributed by atoms with van der Waals surface area (Å²) >= 11 is 0. The van der Waals surface area contributed by atoms with Crippen LogP contribution in [0.25, 0.3) is 0 Å². The molecule has 0 radical (unpaired) electrons. The second-order valence-corrected chi connectivity index (χ2v) is 5.21. The lowest BCUT2D eigenvalue weighted by molar-refractivity contribution is 0.0894. The molecule has 2 nitrogen and oxygen atoms in total. The topological polar surface area (TPSA) is 34.1 Å². The Bertz CT molecular complexity index is 652. The van der Waals surface area contributed by atoms with Gasteiger partial charge in [-0.15, -0.1) is 0 Å². The maximum absolute atomic E-state index is 12.2. The quantitative estimate of drug-likeness (QED) is 0.617. The van der Waals surface area contributed by atoms with Crippen LogP contribution in [0.3, 0.4) is 0 Å². The molecular formula is C18H18O2. The highest BCUT2D eigenvalue weighted by Crippen LogP contribution is 2.15. The zero-order valence-electron chi connectivity index (χ0n) is 12.1. The summed E-state index contributed by atoms with van der Waals surface area (Å²) in [5, 5.41) is 0. The Balaban J connectivity index is 2.15. The van der Waals surface area contributed by atoms with Crippen molar-refractivity contribution in [2.24, 2.45) is 0 Å². The molecule has 0 bridgehead atoms. The van der Waals surface area contributed by atoms with E-state index in [2.05, 4.69) is 0 Å². The summed E-state index contributed by atoms with van der Waals surface area (Å²) in [5.41, 5.74) is 4.36. The number of hydrogen-bond donors (Lipinski definition) is 0. The van der Waals surface area contributed by atoms with E-state index in [1.165, 1.54) is 0 Å². The Morgan fingerprint density at radius 1 is 0.800 bits per heavy atom. The van der Waals surface area contributed by atoms with Crippen LogP contribution in [0.5, 0.6) is 0 Å². The summed E-state index contributed by atoms with van der Waals surface area (Å²) < 4.78 is 0. The number of hydrogen-bond acceptors (Lipinski definition) is 2. The molecule has 0 aliphatic carbocycles. The van der Waals surface area contributed by atoms with Crippen molar-refractivity contribution < 1.29 is 9.59 Å². The van der Waals surface area contributed by atoms with Gasteiger partial charge in [-0.2, -0.15) is 0 Å². The molecule has 20 heavy (non-hydrogen) atoms. The summed E-state index contributed by atoms with van der Waals surface area (Å²) in [5.74, 6) is -0.247. The van der Waals surface area contributed by atoms with Crippen molar-refractivity contribution in [1.29, 1.82) is 0 Å². The lowest BCUT2D eigenvalue weighted by atomic mass is 9.97. The predicted molar refractivity (Wildman–Crippen MR) is 80.4 cm³/mol. The first-order valence-electron chi connectivity index (χ1n) is 6.67. The first kappa shape index (κ1) is 14.2. The average molecular weight is 266 g/mol. The molecule has 102 valence electrons. The summed E-state index contributed by atoms with van der Waals surface area (Å²) in [7, 11) is 0. The molecule has 2 aromatic carbocycles. The second-order valence-electron chi connectivity index (χ2n) is 5.21. The molecule has 0 unspecified atom stereocenters. The van der Waals surface area contributed by atoms with Gasteiger partial charge in [0.25, 0.3) is 0 Å². The van der Waals surface area contributed by atoms with Crippen LogP contribution in [0.2, 0.25) is 0 Å². The van der Waals surface area contributed by atoms with E-state index in [4.69, 9.17) is 0 Å². The molecule has 0 N–H and O–H groups in total. The Hall–Kier alpha value is -2.22. The Morgan fingerprint density at radius 2 is 1.40 bits per heavy atom. The molecule has 0 aliphatic rings. The van der Waals surface area contributed by atoms with Gasteiger partial charge in [0.05, 0.1) is 6.42 Å². The Labute approximate surface area is 119 Å². The summed E-state index contributed by atoms with van der Waals surface area (Å²) in [6.45, 7) is 5.85. The molecular weight excluding hydrogens is 248 g/mol. The number of Topliss-reactive ketones (excluding diaryl/α,β-unsaturated/α-hetero) is 2. The van der Waals surface area contributed by atoms with Crippen molar-refractivity contribution in [2.75, 3.05) is 0 Å². The molecule has 0 saturated carbocycles. The van der Waals surface area contributed by atoms with Gasteiger partial charge in [-0.05, 0) is 26.3 Å². The third-order valence-corrected chi connectivity index (χ3v) is 3.38. The lowest BCUT2D eigenvalue weighted by Gasteiger charge is -2.06. The van der Waals surface area contributed by atoms with E-state index >= 15 is 0 Å². The molecule has 2 heteroatoms. The number of benzene rings is 2. The van der Waals surface area contributed by atoms with E-state index in [1.807, 2.05) is 45.0 Å². The summed E-state index contributed by atoms with van der Waals surface area (Å²) in [6, 6.07) is 13.0. The van der Waals surface area contributed by atoms with Gasteiger partial charge in [-0.25, -0.2) is 0 Å². The molecule has 0 heterocycles. The molecule has 2 rings (SSSR count). The molecule has 0 amide bonds. The lowest BCUT2D eigenvalue weighted by Crippen LogP contribution is -2.10. The zero-order valence-corrected chi connectivity index (χ0v) is 12.1. The molecule has 0 spiro atoms. The number of carbonyl (C=O) groups excluding carboxylic acids is 2. The molecule has 0 aromatic heterocycles. The van der Waals surface area contributed by atoms with Gasteiger partial charge in [0.2, 0.25) is 0 Å². The summed E-state index contributed by atoms with van der Waals surface area (Å²) in [6.07, 6.45) is -0.0764. The van der Waals surface area contributed by atoms with Gasteiger partial charge in [-0.3, -0.25) is 9.59 Å². The number of aryl methyl sites for hydroxylation is 3. The number of rotatable bonds is 4. The normalized spacial score (nSPS) is 10.3. The molecule has 0 saturated heterocycles. The fourth-order valence-electron chi connectivity index (χ4n) is 2.21. The fourth-order valence-corrected chi connectivity index (χ4v) is 2.21. The van der Waals surface area contributed by atoms with Crippen molar-refractivity contribution in [3.8, 4) is 0 Å². The monoisotopic (exact) mass is 266 g/mol. The first-order chi connectivity index (χ1) is 9.47. The van der Waals surface area contributed by atoms with Crippen LogP contribution in [-0.4, -0.2) is 11.6 Å². The second kappa shape index (κ2) is 5.83. The number of carbonyl (C=O) groups is 2. The Morgan fingerprint density at radius 3 is 2.00 bits per heavy atom. The van der Waals surface area contributed by atoms with E-state index in [9.17, 15) is 9.59 Å². The third-order valence-electron chi connectivity index (χ3n) is 3.38. The van der Waals surface area contributed by atoms with Gasteiger partial charge < -0.3 is 0 Å². The van der Waals surface area contributed by atoms with Gasteiger partial charge >= 0.3 is 0 Å². The van der Waals surface area contributed by atoms with E-state index in [1.54, 1.807) is 18.2 Å². The first-order valence-corrected chi connectivity index (χ1v) is 6.67. The minimum atomic E-state index is -0.130. The van der Waals surface area contributed by atoms with Crippen LogP contribution >= 0.6 is 0 Å². The predicted octanol–water partition coefficient (Wildman–Crippen LogP) is 4.07. The SMILES string of the molecule is Cc1ccc(C(=O)CC(=O)c2ccc(C)cc2C)cc1. The van der Waals surface area contributed by atoms with E-state index in [-0.39, 0.29) is 18.0 Å². The van der Waals surface area contributed by atoms with Crippen molar-refractivity contribution in [3.05, 3.63) is 70.3 Å². The van der Waals surface area contributed by atoms with Gasteiger partial charge in [0.15, 0.2) is 11.6 Å². The minimum Gasteiger partial charge on any atom is -0.294 e. The van der Waals surface area contributed by atoms with E-state index < -0.39 is 0 Å². The molecule has 0 aliphatic heterocycles.